The zero-order valence-electron chi connectivity index (χ0n) is 19.9. The van der Waals surface area contributed by atoms with Crippen molar-refractivity contribution in [2.24, 2.45) is 0 Å². The summed E-state index contributed by atoms with van der Waals surface area (Å²) in [7, 11) is 0. The lowest BCUT2D eigenvalue weighted by molar-refractivity contribution is 1.07. The maximum absolute atomic E-state index is 4.89. The first-order valence-corrected chi connectivity index (χ1v) is 12.9. The number of benzene rings is 5. The van der Waals surface area contributed by atoms with E-state index in [1.54, 1.807) is 0 Å². The predicted octanol–water partition coefficient (Wildman–Crippen LogP) is 8.97. The molecule has 0 aliphatic rings. The zero-order valence-corrected chi connectivity index (χ0v) is 21.5. The molecule has 5 aromatic carbocycles. The molecule has 6 aromatic rings. The molecule has 0 atom stereocenters. The first kappa shape index (κ1) is 23.0. The summed E-state index contributed by atoms with van der Waals surface area (Å²) < 4.78 is 0.968. The topological polar surface area (TPSA) is 38.7 Å². The fraction of sp³-hybridized carbons (Fsp3) is 0. The van der Waals surface area contributed by atoms with Crippen LogP contribution in [0.15, 0.2) is 138 Å². The summed E-state index contributed by atoms with van der Waals surface area (Å²) in [5.74, 6) is 1.94. The van der Waals surface area contributed by atoms with E-state index in [9.17, 15) is 0 Å². The van der Waals surface area contributed by atoms with Crippen LogP contribution >= 0.6 is 15.9 Å². The van der Waals surface area contributed by atoms with Crippen molar-refractivity contribution in [2.45, 2.75) is 0 Å². The molecule has 1 heterocycles. The van der Waals surface area contributed by atoms with Gasteiger partial charge < -0.3 is 0 Å². The van der Waals surface area contributed by atoms with Gasteiger partial charge in [0.25, 0.3) is 0 Å². The molecule has 0 aliphatic heterocycles. The lowest BCUT2D eigenvalue weighted by Crippen LogP contribution is -2.00. The van der Waals surface area contributed by atoms with Crippen molar-refractivity contribution in [1.29, 1.82) is 0 Å². The third-order valence-electron chi connectivity index (χ3n) is 6.18. The predicted molar refractivity (Wildman–Crippen MR) is 155 cm³/mol. The average Bonchev–Trinajstić information content (AvgIpc) is 2.98. The highest BCUT2D eigenvalue weighted by atomic mass is 79.9. The third-order valence-corrected chi connectivity index (χ3v) is 6.64. The van der Waals surface area contributed by atoms with Crippen LogP contribution in [-0.2, 0) is 0 Å². The van der Waals surface area contributed by atoms with Gasteiger partial charge in [0.05, 0.1) is 0 Å². The van der Waals surface area contributed by atoms with Gasteiger partial charge in [-0.05, 0) is 40.5 Å². The molecule has 1 aromatic heterocycles. The second-order valence-corrected chi connectivity index (χ2v) is 9.63. The number of halogens is 1. The van der Waals surface area contributed by atoms with Gasteiger partial charge in [-0.15, -0.1) is 0 Å². The Kier molecular flexibility index (Phi) is 6.40. The molecular formula is C33H22BrN3. The summed E-state index contributed by atoms with van der Waals surface area (Å²) in [6, 6.07) is 45.4. The Hall–Kier alpha value is -4.41. The first-order chi connectivity index (χ1) is 18.2. The van der Waals surface area contributed by atoms with Crippen LogP contribution in [-0.4, -0.2) is 15.0 Å². The van der Waals surface area contributed by atoms with E-state index in [0.717, 1.165) is 32.3 Å². The van der Waals surface area contributed by atoms with Crippen LogP contribution in [0.3, 0.4) is 0 Å². The summed E-state index contributed by atoms with van der Waals surface area (Å²) in [5.41, 5.74) is 7.45. The molecule has 0 bridgehead atoms. The van der Waals surface area contributed by atoms with E-state index >= 15 is 0 Å². The highest BCUT2D eigenvalue weighted by Crippen LogP contribution is 2.32. The Labute approximate surface area is 224 Å². The van der Waals surface area contributed by atoms with E-state index in [1.165, 1.54) is 11.1 Å². The van der Waals surface area contributed by atoms with Crippen molar-refractivity contribution >= 4 is 15.9 Å². The van der Waals surface area contributed by atoms with E-state index in [-0.39, 0.29) is 0 Å². The molecular weight excluding hydrogens is 518 g/mol. The molecule has 0 unspecified atom stereocenters. The van der Waals surface area contributed by atoms with E-state index in [2.05, 4.69) is 82.7 Å². The molecule has 6 rings (SSSR count). The first-order valence-electron chi connectivity index (χ1n) is 12.1. The van der Waals surface area contributed by atoms with Crippen LogP contribution in [0.5, 0.6) is 0 Å². The van der Waals surface area contributed by atoms with Crippen molar-refractivity contribution in [3.8, 4) is 56.4 Å². The minimum absolute atomic E-state index is 0.635. The van der Waals surface area contributed by atoms with Gasteiger partial charge in [-0.1, -0.05) is 131 Å². The molecule has 176 valence electrons. The monoisotopic (exact) mass is 539 g/mol. The normalized spacial score (nSPS) is 10.8. The van der Waals surface area contributed by atoms with Crippen LogP contribution in [0.1, 0.15) is 0 Å². The van der Waals surface area contributed by atoms with Crippen molar-refractivity contribution < 1.29 is 0 Å². The molecule has 37 heavy (non-hydrogen) atoms. The van der Waals surface area contributed by atoms with Gasteiger partial charge in [-0.2, -0.15) is 0 Å². The number of hydrogen-bond donors (Lipinski definition) is 0. The molecule has 0 radical (unpaired) electrons. The maximum Gasteiger partial charge on any atom is 0.164 e. The van der Waals surface area contributed by atoms with Crippen molar-refractivity contribution in [3.05, 3.63) is 138 Å². The molecule has 3 nitrogen and oxygen atoms in total. The summed E-state index contributed by atoms with van der Waals surface area (Å²) in [6.45, 7) is 0. The molecule has 0 aliphatic carbocycles. The minimum Gasteiger partial charge on any atom is -0.208 e. The van der Waals surface area contributed by atoms with Crippen LogP contribution in [0.2, 0.25) is 0 Å². The molecule has 0 amide bonds. The van der Waals surface area contributed by atoms with Crippen molar-refractivity contribution in [3.63, 3.8) is 0 Å². The standard InChI is InChI=1S/C33H22BrN3/c34-30-21-28(25-18-16-24(17-19-25)23-10-4-1-5-11-23)20-29(22-30)33-36-31(26-12-6-2-7-13-26)35-32(37-33)27-14-8-3-9-15-27/h1-22H. The van der Waals surface area contributed by atoms with E-state index in [0.29, 0.717) is 17.5 Å². The molecule has 4 heteroatoms. The van der Waals surface area contributed by atoms with E-state index in [4.69, 9.17) is 15.0 Å². The van der Waals surface area contributed by atoms with Gasteiger partial charge >= 0.3 is 0 Å². The van der Waals surface area contributed by atoms with Crippen LogP contribution in [0.25, 0.3) is 56.4 Å². The van der Waals surface area contributed by atoms with Crippen molar-refractivity contribution in [1.82, 2.24) is 15.0 Å². The second-order valence-electron chi connectivity index (χ2n) is 8.71. The van der Waals surface area contributed by atoms with E-state index in [1.807, 2.05) is 66.7 Å². The van der Waals surface area contributed by atoms with Gasteiger partial charge in [0, 0.05) is 21.2 Å². The highest BCUT2D eigenvalue weighted by Gasteiger charge is 2.13. The molecule has 0 saturated carbocycles. The fourth-order valence-electron chi connectivity index (χ4n) is 4.31. The fourth-order valence-corrected chi connectivity index (χ4v) is 4.80. The maximum atomic E-state index is 4.89. The van der Waals surface area contributed by atoms with Gasteiger partial charge in [-0.3, -0.25) is 0 Å². The molecule has 0 N–H and O–H groups in total. The average molecular weight is 540 g/mol. The van der Waals surface area contributed by atoms with Gasteiger partial charge in [-0.25, -0.2) is 15.0 Å². The summed E-state index contributed by atoms with van der Waals surface area (Å²) in [5, 5.41) is 0. The largest absolute Gasteiger partial charge is 0.208 e. The smallest absolute Gasteiger partial charge is 0.164 e. The molecule has 0 spiro atoms. The van der Waals surface area contributed by atoms with E-state index < -0.39 is 0 Å². The zero-order chi connectivity index (χ0) is 25.0. The van der Waals surface area contributed by atoms with Crippen LogP contribution in [0, 0.1) is 0 Å². The van der Waals surface area contributed by atoms with Crippen molar-refractivity contribution in [2.75, 3.05) is 0 Å². The lowest BCUT2D eigenvalue weighted by atomic mass is 9.99. The number of aromatic nitrogens is 3. The molecule has 0 saturated heterocycles. The summed E-state index contributed by atoms with van der Waals surface area (Å²) >= 11 is 3.71. The van der Waals surface area contributed by atoms with Gasteiger partial charge in [0.1, 0.15) is 0 Å². The Bertz CT molecular complexity index is 1590. The van der Waals surface area contributed by atoms with Gasteiger partial charge in [0.15, 0.2) is 17.5 Å². The minimum atomic E-state index is 0.635. The number of nitrogens with zero attached hydrogens (tertiary/aromatic N) is 3. The Morgan fingerprint density at radius 2 is 0.676 bits per heavy atom. The summed E-state index contributed by atoms with van der Waals surface area (Å²) in [6.07, 6.45) is 0. The third kappa shape index (κ3) is 5.11. The Morgan fingerprint density at radius 1 is 0.324 bits per heavy atom. The Balaban J connectivity index is 1.44. The van der Waals surface area contributed by atoms with Gasteiger partial charge in [0.2, 0.25) is 0 Å². The number of rotatable bonds is 5. The van der Waals surface area contributed by atoms with Crippen LogP contribution in [0.4, 0.5) is 0 Å². The summed E-state index contributed by atoms with van der Waals surface area (Å²) in [4.78, 5) is 14.6. The quantitative estimate of drug-likeness (QED) is 0.219. The number of hydrogen-bond acceptors (Lipinski definition) is 3. The second kappa shape index (κ2) is 10.3. The SMILES string of the molecule is Brc1cc(-c2ccc(-c3ccccc3)cc2)cc(-c2nc(-c3ccccc3)nc(-c3ccccc3)n2)c1. The highest BCUT2D eigenvalue weighted by molar-refractivity contribution is 9.10. The van der Waals surface area contributed by atoms with Crippen LogP contribution < -0.4 is 0 Å². The lowest BCUT2D eigenvalue weighted by Gasteiger charge is -2.11. The molecule has 0 fully saturated rings. The Morgan fingerprint density at radius 3 is 1.16 bits per heavy atom.